The zero-order valence-corrected chi connectivity index (χ0v) is 14.5. The summed E-state index contributed by atoms with van der Waals surface area (Å²) in [5.41, 5.74) is 13.7. The van der Waals surface area contributed by atoms with Crippen molar-refractivity contribution in [2.45, 2.75) is 33.4 Å². The molecule has 25 heavy (non-hydrogen) atoms. The number of hydrogen-bond donors (Lipinski definition) is 2. The highest BCUT2D eigenvalue weighted by Crippen LogP contribution is 2.38. The number of rotatable bonds is 4. The number of para-hydroxylation sites is 1. The second-order valence-corrected chi connectivity index (χ2v) is 6.17. The predicted molar refractivity (Wildman–Crippen MR) is 94.3 cm³/mol. The van der Waals surface area contributed by atoms with Gasteiger partial charge in [-0.15, -0.1) is 0 Å². The Hall–Kier alpha value is -2.84. The second kappa shape index (κ2) is 6.23. The van der Waals surface area contributed by atoms with Crippen molar-refractivity contribution >= 4 is 11.4 Å². The minimum absolute atomic E-state index is 0.0996. The number of nitrogens with zero attached hydrogens (tertiary/aromatic N) is 2. The van der Waals surface area contributed by atoms with Crippen molar-refractivity contribution in [3.63, 3.8) is 0 Å². The highest BCUT2D eigenvalue weighted by Gasteiger charge is 2.39. The zero-order valence-electron chi connectivity index (χ0n) is 14.5. The molecular weight excluding hydrogens is 324 g/mol. The van der Waals surface area contributed by atoms with Crippen LogP contribution in [-0.2, 0) is 5.66 Å². The summed E-state index contributed by atoms with van der Waals surface area (Å²) in [6.45, 7) is 7.60. The van der Waals surface area contributed by atoms with Crippen LogP contribution < -0.4 is 11.5 Å². The van der Waals surface area contributed by atoms with Crippen molar-refractivity contribution < 1.29 is 9.85 Å². The Kier molecular flexibility index (Phi) is 4.61. The van der Waals surface area contributed by atoms with Gasteiger partial charge in [0, 0.05) is 6.07 Å². The summed E-state index contributed by atoms with van der Waals surface area (Å²) in [6.07, 6.45) is 0. The van der Waals surface area contributed by atoms with E-state index in [9.17, 15) is 20.2 Å². The van der Waals surface area contributed by atoms with E-state index in [0.29, 0.717) is 5.56 Å². The number of nitro groups is 2. The fraction of sp³-hybridized carbons (Fsp3) is 0.294. The van der Waals surface area contributed by atoms with Crippen LogP contribution in [0, 0.1) is 47.9 Å². The van der Waals surface area contributed by atoms with Crippen molar-refractivity contribution in [1.29, 1.82) is 0 Å². The Balaban J connectivity index is 2.84. The van der Waals surface area contributed by atoms with Gasteiger partial charge in [-0.05, 0) is 61.6 Å². The van der Waals surface area contributed by atoms with Gasteiger partial charge in [-0.3, -0.25) is 20.2 Å². The van der Waals surface area contributed by atoms with Gasteiger partial charge in [0.05, 0.1) is 15.4 Å². The van der Waals surface area contributed by atoms with Crippen molar-refractivity contribution in [1.82, 2.24) is 0 Å². The van der Waals surface area contributed by atoms with Crippen LogP contribution in [0.25, 0.3) is 0 Å². The van der Waals surface area contributed by atoms with Crippen LogP contribution >= 0.6 is 0 Å². The van der Waals surface area contributed by atoms with Gasteiger partial charge < -0.3 is 11.5 Å². The van der Waals surface area contributed by atoms with Crippen LogP contribution in [0.3, 0.4) is 0 Å². The number of nitrogens with two attached hydrogens (primary N) is 2. The molecule has 2 rings (SSSR count). The molecule has 0 unspecified atom stereocenters. The van der Waals surface area contributed by atoms with Gasteiger partial charge in [-0.1, -0.05) is 12.1 Å². The summed E-state index contributed by atoms with van der Waals surface area (Å²) in [4.78, 5) is 21.0. The van der Waals surface area contributed by atoms with Gasteiger partial charge in [-0.25, -0.2) is 0 Å². The normalized spacial score (nSPS) is 11.4. The molecule has 0 atom stereocenters. The van der Waals surface area contributed by atoms with Gasteiger partial charge in [0.1, 0.15) is 5.66 Å². The molecule has 2 aromatic carbocycles. The Morgan fingerprint density at radius 1 is 0.880 bits per heavy atom. The van der Waals surface area contributed by atoms with E-state index in [1.807, 2.05) is 27.7 Å². The molecule has 8 nitrogen and oxygen atoms in total. The molecule has 0 aliphatic carbocycles. The molecule has 0 fully saturated rings. The molecule has 0 heterocycles. The van der Waals surface area contributed by atoms with E-state index in [-0.39, 0.29) is 5.56 Å². The molecule has 0 aromatic heterocycles. The smallest absolute Gasteiger partial charge is 0.306 e. The summed E-state index contributed by atoms with van der Waals surface area (Å²) in [5, 5.41) is 22.7. The fourth-order valence-corrected chi connectivity index (χ4v) is 2.99. The third-order valence-corrected chi connectivity index (χ3v) is 4.77. The van der Waals surface area contributed by atoms with Crippen molar-refractivity contribution in [3.8, 4) is 0 Å². The van der Waals surface area contributed by atoms with Crippen LogP contribution in [0.1, 0.15) is 33.4 Å². The lowest BCUT2D eigenvalue weighted by Gasteiger charge is -2.29. The summed E-state index contributed by atoms with van der Waals surface area (Å²) in [5.74, 6) is 0. The molecule has 0 bridgehead atoms. The number of nitro benzene ring substituents is 2. The van der Waals surface area contributed by atoms with Crippen molar-refractivity contribution in [2.75, 3.05) is 0 Å². The van der Waals surface area contributed by atoms with Crippen LogP contribution in [0.5, 0.6) is 0 Å². The van der Waals surface area contributed by atoms with Crippen LogP contribution in [0.4, 0.5) is 11.4 Å². The lowest BCUT2D eigenvalue weighted by molar-refractivity contribution is -0.423. The maximum atomic E-state index is 11.5. The van der Waals surface area contributed by atoms with Crippen molar-refractivity contribution in [3.05, 3.63) is 77.9 Å². The minimum Gasteiger partial charge on any atom is -0.306 e. The fourth-order valence-electron chi connectivity index (χ4n) is 2.99. The van der Waals surface area contributed by atoms with Gasteiger partial charge in [0.2, 0.25) is 0 Å². The SMILES string of the molecule is Cc1cc(C(N)(N)c2cccc([N+](=O)[O-])c2[N+](=O)[O-])c(C)c(C)c1C. The Morgan fingerprint density at radius 2 is 1.48 bits per heavy atom. The van der Waals surface area contributed by atoms with Crippen molar-refractivity contribution in [2.24, 2.45) is 11.5 Å². The standard InChI is InChI=1S/C17H20N4O4/c1-9-8-14(12(4)11(3)10(9)2)17(18,19)13-6-5-7-15(20(22)23)16(13)21(24)25/h5-8H,18-19H2,1-4H3. The molecule has 0 radical (unpaired) electrons. The molecule has 132 valence electrons. The first-order valence-electron chi connectivity index (χ1n) is 7.58. The second-order valence-electron chi connectivity index (χ2n) is 6.17. The van der Waals surface area contributed by atoms with E-state index in [2.05, 4.69) is 0 Å². The third-order valence-electron chi connectivity index (χ3n) is 4.77. The van der Waals surface area contributed by atoms with Gasteiger partial charge in [-0.2, -0.15) is 0 Å². The maximum absolute atomic E-state index is 11.5. The maximum Gasteiger partial charge on any atom is 0.352 e. The van der Waals surface area contributed by atoms with Gasteiger partial charge in [0.15, 0.2) is 0 Å². The molecule has 4 N–H and O–H groups in total. The number of benzene rings is 2. The molecule has 0 saturated heterocycles. The molecule has 0 aliphatic rings. The van der Waals surface area contributed by atoms with E-state index in [1.54, 1.807) is 6.07 Å². The topological polar surface area (TPSA) is 138 Å². The largest absolute Gasteiger partial charge is 0.352 e. The van der Waals surface area contributed by atoms with E-state index in [0.717, 1.165) is 28.3 Å². The Morgan fingerprint density at radius 3 is 2.00 bits per heavy atom. The van der Waals surface area contributed by atoms with E-state index in [1.165, 1.54) is 12.1 Å². The monoisotopic (exact) mass is 344 g/mol. The lowest BCUT2D eigenvalue weighted by atomic mass is 9.84. The minimum atomic E-state index is -1.75. The molecule has 0 spiro atoms. The summed E-state index contributed by atoms with van der Waals surface area (Å²) < 4.78 is 0. The van der Waals surface area contributed by atoms with E-state index >= 15 is 0 Å². The first-order valence-corrected chi connectivity index (χ1v) is 7.58. The zero-order chi connectivity index (χ0) is 19.1. The van der Waals surface area contributed by atoms with Gasteiger partial charge in [0.25, 0.3) is 0 Å². The van der Waals surface area contributed by atoms with E-state index < -0.39 is 26.9 Å². The predicted octanol–water partition coefficient (Wildman–Crippen LogP) is 2.86. The molecule has 0 aliphatic heterocycles. The molecule has 2 aromatic rings. The first-order chi connectivity index (χ1) is 11.5. The summed E-state index contributed by atoms with van der Waals surface area (Å²) in [6, 6.07) is 5.55. The Bertz CT molecular complexity index is 891. The summed E-state index contributed by atoms with van der Waals surface area (Å²) >= 11 is 0. The number of hydrogen-bond acceptors (Lipinski definition) is 6. The number of aryl methyl sites for hydroxylation is 1. The van der Waals surface area contributed by atoms with Gasteiger partial charge >= 0.3 is 11.4 Å². The molecular formula is C17H20N4O4. The highest BCUT2D eigenvalue weighted by atomic mass is 16.6. The third kappa shape index (κ3) is 2.97. The molecule has 0 amide bonds. The Labute approximate surface area is 144 Å². The average Bonchev–Trinajstić information content (AvgIpc) is 2.55. The quantitative estimate of drug-likeness (QED) is 0.497. The van der Waals surface area contributed by atoms with Crippen LogP contribution in [0.2, 0.25) is 0 Å². The highest BCUT2D eigenvalue weighted by molar-refractivity contribution is 5.63. The first kappa shape index (κ1) is 18.5. The lowest BCUT2D eigenvalue weighted by Crippen LogP contribution is -2.48. The summed E-state index contributed by atoms with van der Waals surface area (Å²) in [7, 11) is 0. The van der Waals surface area contributed by atoms with E-state index in [4.69, 9.17) is 11.5 Å². The van der Waals surface area contributed by atoms with Crippen LogP contribution in [-0.4, -0.2) is 9.85 Å². The average molecular weight is 344 g/mol. The molecule has 0 saturated carbocycles. The molecule has 8 heteroatoms. The van der Waals surface area contributed by atoms with Crippen LogP contribution in [0.15, 0.2) is 24.3 Å².